The molecule has 4 heteroatoms. The van der Waals surface area contributed by atoms with Crippen LogP contribution in [-0.4, -0.2) is 11.5 Å². The molecular weight excluding hydrogens is 294 g/mol. The highest BCUT2D eigenvalue weighted by Gasteiger charge is 2.11. The Balaban J connectivity index is 1.87. The summed E-state index contributed by atoms with van der Waals surface area (Å²) in [4.78, 5) is 6.04. The van der Waals surface area contributed by atoms with Crippen LogP contribution >= 0.6 is 0 Å². The third-order valence-electron chi connectivity index (χ3n) is 3.68. The zero-order valence-corrected chi connectivity index (χ0v) is 12.5. The van der Waals surface area contributed by atoms with E-state index in [9.17, 15) is 8.78 Å². The fraction of sp³-hybridized carbons (Fsp3) is 0.105. The van der Waals surface area contributed by atoms with Crippen molar-refractivity contribution in [3.63, 3.8) is 0 Å². The Morgan fingerprint density at radius 1 is 0.783 bits per heavy atom. The van der Waals surface area contributed by atoms with Crippen LogP contribution in [-0.2, 0) is 6.42 Å². The Morgan fingerprint density at radius 2 is 1.43 bits per heavy atom. The van der Waals surface area contributed by atoms with Gasteiger partial charge in [-0.15, -0.1) is 0 Å². The molecule has 2 nitrogen and oxygen atoms in total. The van der Waals surface area contributed by atoms with E-state index in [2.05, 4.69) is 4.98 Å². The largest absolute Gasteiger partial charge is 0.341 e. The maximum atomic E-state index is 13.8. The third-order valence-corrected chi connectivity index (χ3v) is 3.68. The number of hydrogen-bond donors (Lipinski definition) is 0. The number of hydrogen-bond acceptors (Lipinski definition) is 2. The van der Waals surface area contributed by atoms with Gasteiger partial charge in [-0.1, -0.05) is 18.2 Å². The molecule has 0 unspecified atom stereocenters. The molecule has 1 heterocycles. The van der Waals surface area contributed by atoms with Crippen LogP contribution in [0.5, 0.6) is 0 Å². The van der Waals surface area contributed by atoms with Crippen LogP contribution in [0.25, 0.3) is 0 Å². The molecule has 0 atom stereocenters. The lowest BCUT2D eigenvalue weighted by atomic mass is 10.1. The topological polar surface area (TPSA) is 16.1 Å². The monoisotopic (exact) mass is 310 g/mol. The Bertz CT molecular complexity index is 758. The van der Waals surface area contributed by atoms with E-state index in [-0.39, 0.29) is 11.6 Å². The molecule has 3 aromatic rings. The van der Waals surface area contributed by atoms with Gasteiger partial charge in [-0.3, -0.25) is 4.98 Å². The predicted molar refractivity (Wildman–Crippen MR) is 87.7 cm³/mol. The second-order valence-corrected chi connectivity index (χ2v) is 5.17. The molecular formula is C19H16F2N2. The van der Waals surface area contributed by atoms with Crippen molar-refractivity contribution in [2.24, 2.45) is 0 Å². The summed E-state index contributed by atoms with van der Waals surface area (Å²) in [7, 11) is 0. The van der Waals surface area contributed by atoms with Gasteiger partial charge in [0.15, 0.2) is 0 Å². The molecule has 2 aromatic carbocycles. The van der Waals surface area contributed by atoms with Crippen molar-refractivity contribution < 1.29 is 8.78 Å². The molecule has 0 aliphatic carbocycles. The van der Waals surface area contributed by atoms with Gasteiger partial charge in [-0.25, -0.2) is 8.78 Å². The summed E-state index contributed by atoms with van der Waals surface area (Å²) in [6, 6.07) is 16.8. The van der Waals surface area contributed by atoms with Gasteiger partial charge in [0.25, 0.3) is 0 Å². The molecule has 0 saturated carbocycles. The van der Waals surface area contributed by atoms with E-state index >= 15 is 0 Å². The zero-order valence-electron chi connectivity index (χ0n) is 12.5. The van der Waals surface area contributed by atoms with Gasteiger partial charge in [0.05, 0.1) is 0 Å². The molecule has 0 spiro atoms. The number of aromatic nitrogens is 1. The van der Waals surface area contributed by atoms with Crippen LogP contribution in [0.3, 0.4) is 0 Å². The number of nitrogens with zero attached hydrogens (tertiary/aromatic N) is 2. The molecule has 0 radical (unpaired) electrons. The molecule has 116 valence electrons. The summed E-state index contributed by atoms with van der Waals surface area (Å²) >= 11 is 0. The number of pyridine rings is 1. The SMILES string of the molecule is Fc1ccc(N(CCc2ccccc2F)c2ccncc2)cc1. The Morgan fingerprint density at radius 3 is 2.13 bits per heavy atom. The van der Waals surface area contributed by atoms with Gasteiger partial charge in [0.1, 0.15) is 11.6 Å². The molecule has 0 aliphatic heterocycles. The maximum absolute atomic E-state index is 13.8. The van der Waals surface area contributed by atoms with E-state index in [0.717, 1.165) is 11.4 Å². The first-order valence-corrected chi connectivity index (χ1v) is 7.40. The number of benzene rings is 2. The van der Waals surface area contributed by atoms with Crippen LogP contribution in [0.4, 0.5) is 20.2 Å². The minimum Gasteiger partial charge on any atom is -0.341 e. The van der Waals surface area contributed by atoms with Crippen molar-refractivity contribution in [1.29, 1.82) is 0 Å². The first-order valence-electron chi connectivity index (χ1n) is 7.40. The summed E-state index contributed by atoms with van der Waals surface area (Å²) in [5.41, 5.74) is 2.45. The van der Waals surface area contributed by atoms with Crippen LogP contribution in [0, 0.1) is 11.6 Å². The van der Waals surface area contributed by atoms with Crippen LogP contribution in [0.1, 0.15) is 5.56 Å². The van der Waals surface area contributed by atoms with Gasteiger partial charge >= 0.3 is 0 Å². The fourth-order valence-corrected chi connectivity index (χ4v) is 2.49. The lowest BCUT2D eigenvalue weighted by molar-refractivity contribution is 0.609. The first-order chi connectivity index (χ1) is 11.2. The summed E-state index contributed by atoms with van der Waals surface area (Å²) in [5, 5.41) is 0. The molecule has 3 rings (SSSR count). The lowest BCUT2D eigenvalue weighted by Crippen LogP contribution is -2.20. The molecule has 0 aliphatic rings. The Labute approximate surface area is 134 Å². The van der Waals surface area contributed by atoms with Crippen molar-refractivity contribution in [2.45, 2.75) is 6.42 Å². The van der Waals surface area contributed by atoms with Gasteiger partial charge in [-0.05, 0) is 54.4 Å². The van der Waals surface area contributed by atoms with Gasteiger partial charge in [0, 0.05) is 30.3 Å². The Hall–Kier alpha value is -2.75. The third kappa shape index (κ3) is 3.72. The van der Waals surface area contributed by atoms with Gasteiger partial charge in [0.2, 0.25) is 0 Å². The summed E-state index contributed by atoms with van der Waals surface area (Å²) < 4.78 is 27.0. The van der Waals surface area contributed by atoms with E-state index in [1.807, 2.05) is 23.1 Å². The molecule has 1 aromatic heterocycles. The van der Waals surface area contributed by atoms with Crippen molar-refractivity contribution in [1.82, 2.24) is 4.98 Å². The normalized spacial score (nSPS) is 10.5. The molecule has 0 N–H and O–H groups in total. The fourth-order valence-electron chi connectivity index (χ4n) is 2.49. The second kappa shape index (κ2) is 7.01. The minimum atomic E-state index is -0.280. The zero-order chi connectivity index (χ0) is 16.1. The molecule has 0 fully saturated rings. The molecule has 23 heavy (non-hydrogen) atoms. The quantitative estimate of drug-likeness (QED) is 0.676. The van der Waals surface area contributed by atoms with Gasteiger partial charge in [-0.2, -0.15) is 0 Å². The number of rotatable bonds is 5. The van der Waals surface area contributed by atoms with Crippen molar-refractivity contribution >= 4 is 11.4 Å². The average Bonchev–Trinajstić information content (AvgIpc) is 2.59. The summed E-state index contributed by atoms with van der Waals surface area (Å²) in [6.45, 7) is 0.580. The van der Waals surface area contributed by atoms with Crippen molar-refractivity contribution in [2.75, 3.05) is 11.4 Å². The Kier molecular flexibility index (Phi) is 4.62. The van der Waals surface area contributed by atoms with Crippen molar-refractivity contribution in [3.8, 4) is 0 Å². The van der Waals surface area contributed by atoms with Gasteiger partial charge < -0.3 is 4.90 Å². The van der Waals surface area contributed by atoms with E-state index in [1.54, 1.807) is 36.7 Å². The average molecular weight is 310 g/mol. The molecule has 0 saturated heterocycles. The summed E-state index contributed by atoms with van der Waals surface area (Å²) in [5.74, 6) is -0.487. The molecule has 0 bridgehead atoms. The predicted octanol–water partition coefficient (Wildman–Crippen LogP) is 4.74. The van der Waals surface area contributed by atoms with E-state index < -0.39 is 0 Å². The summed E-state index contributed by atoms with van der Waals surface area (Å²) in [6.07, 6.45) is 3.95. The highest BCUT2D eigenvalue weighted by Crippen LogP contribution is 2.25. The highest BCUT2D eigenvalue weighted by molar-refractivity contribution is 5.62. The second-order valence-electron chi connectivity index (χ2n) is 5.17. The van der Waals surface area contributed by atoms with Crippen LogP contribution in [0.15, 0.2) is 73.1 Å². The van der Waals surface area contributed by atoms with Crippen LogP contribution < -0.4 is 4.90 Å². The maximum Gasteiger partial charge on any atom is 0.126 e. The first kappa shape index (κ1) is 15.2. The van der Waals surface area contributed by atoms with E-state index in [4.69, 9.17) is 0 Å². The van der Waals surface area contributed by atoms with Crippen molar-refractivity contribution in [3.05, 3.63) is 90.3 Å². The van der Waals surface area contributed by atoms with E-state index in [0.29, 0.717) is 18.5 Å². The standard InChI is InChI=1S/C19H16F2N2/c20-16-5-7-17(8-6-16)23(18-9-12-22-13-10-18)14-11-15-3-1-2-4-19(15)21/h1-10,12-13H,11,14H2. The smallest absolute Gasteiger partial charge is 0.126 e. The minimum absolute atomic E-state index is 0.207. The lowest BCUT2D eigenvalue weighted by Gasteiger charge is -2.25. The number of halogens is 2. The highest BCUT2D eigenvalue weighted by atomic mass is 19.1. The molecule has 0 amide bonds. The van der Waals surface area contributed by atoms with Crippen LogP contribution in [0.2, 0.25) is 0 Å². The number of anilines is 2. The van der Waals surface area contributed by atoms with E-state index in [1.165, 1.54) is 18.2 Å².